The summed E-state index contributed by atoms with van der Waals surface area (Å²) >= 11 is 0. The second-order valence-electron chi connectivity index (χ2n) is 4.71. The van der Waals surface area contributed by atoms with E-state index in [1.165, 1.54) is 16.7 Å². The van der Waals surface area contributed by atoms with Gasteiger partial charge in [0.05, 0.1) is 0 Å². The molecule has 0 aromatic heterocycles. The van der Waals surface area contributed by atoms with Crippen molar-refractivity contribution in [3.05, 3.63) is 65.2 Å². The third kappa shape index (κ3) is 4.42. The van der Waals surface area contributed by atoms with Crippen LogP contribution < -0.4 is 10.1 Å². The van der Waals surface area contributed by atoms with E-state index in [0.717, 1.165) is 18.8 Å². The van der Waals surface area contributed by atoms with Crippen LogP contribution >= 0.6 is 0 Å². The van der Waals surface area contributed by atoms with Crippen LogP contribution in [0.25, 0.3) is 0 Å². The summed E-state index contributed by atoms with van der Waals surface area (Å²) in [7, 11) is 0. The Bertz CT molecular complexity index is 522. The normalized spacial score (nSPS) is 10.4. The molecule has 0 aliphatic heterocycles. The first-order valence-corrected chi connectivity index (χ1v) is 6.76. The Morgan fingerprint density at radius 2 is 1.79 bits per heavy atom. The Balaban J connectivity index is 1.95. The van der Waals surface area contributed by atoms with Crippen LogP contribution in [0, 0.1) is 6.92 Å². The molecule has 0 atom stereocenters. The summed E-state index contributed by atoms with van der Waals surface area (Å²) in [5, 5.41) is 3.32. The van der Waals surface area contributed by atoms with Crippen LogP contribution in [0.5, 0.6) is 5.75 Å². The van der Waals surface area contributed by atoms with Gasteiger partial charge < -0.3 is 10.1 Å². The van der Waals surface area contributed by atoms with Crippen LogP contribution in [0.3, 0.4) is 0 Å². The van der Waals surface area contributed by atoms with Crippen molar-refractivity contribution in [1.29, 1.82) is 0 Å². The van der Waals surface area contributed by atoms with E-state index in [9.17, 15) is 0 Å². The summed E-state index contributed by atoms with van der Waals surface area (Å²) in [6.45, 7) is 6.69. The molecule has 2 aromatic rings. The molecular weight excluding hydrogens is 234 g/mol. The predicted octanol–water partition coefficient (Wildman–Crippen LogP) is 3.68. The van der Waals surface area contributed by atoms with Crippen molar-refractivity contribution in [2.75, 3.05) is 6.54 Å². The van der Waals surface area contributed by atoms with E-state index in [1.54, 1.807) is 0 Å². The molecule has 19 heavy (non-hydrogen) atoms. The largest absolute Gasteiger partial charge is 0.489 e. The van der Waals surface area contributed by atoms with Crippen LogP contribution in [0.15, 0.2) is 48.5 Å². The van der Waals surface area contributed by atoms with Gasteiger partial charge in [-0.05, 0) is 36.7 Å². The highest BCUT2D eigenvalue weighted by molar-refractivity contribution is 5.29. The van der Waals surface area contributed by atoms with Gasteiger partial charge in [-0.2, -0.15) is 0 Å². The van der Waals surface area contributed by atoms with Crippen LogP contribution in [0.2, 0.25) is 0 Å². The van der Waals surface area contributed by atoms with Crippen LogP contribution in [-0.4, -0.2) is 6.54 Å². The average Bonchev–Trinajstić information content (AvgIpc) is 2.43. The molecule has 0 saturated carbocycles. The topological polar surface area (TPSA) is 21.3 Å². The van der Waals surface area contributed by atoms with Gasteiger partial charge in [0.25, 0.3) is 0 Å². The average molecular weight is 255 g/mol. The zero-order valence-corrected chi connectivity index (χ0v) is 11.6. The lowest BCUT2D eigenvalue weighted by Crippen LogP contribution is -2.11. The van der Waals surface area contributed by atoms with Gasteiger partial charge in [-0.25, -0.2) is 0 Å². The van der Waals surface area contributed by atoms with E-state index < -0.39 is 0 Å². The third-order valence-corrected chi connectivity index (χ3v) is 2.97. The Morgan fingerprint density at radius 1 is 1.00 bits per heavy atom. The van der Waals surface area contributed by atoms with Gasteiger partial charge in [0.1, 0.15) is 12.4 Å². The lowest BCUT2D eigenvalue weighted by molar-refractivity contribution is 0.306. The van der Waals surface area contributed by atoms with E-state index in [-0.39, 0.29) is 0 Å². The minimum atomic E-state index is 0.617. The minimum absolute atomic E-state index is 0.617. The molecule has 2 heteroatoms. The van der Waals surface area contributed by atoms with Crippen LogP contribution in [0.1, 0.15) is 23.6 Å². The molecule has 100 valence electrons. The van der Waals surface area contributed by atoms with E-state index in [1.807, 2.05) is 12.1 Å². The molecule has 2 rings (SSSR count). The van der Waals surface area contributed by atoms with Crippen molar-refractivity contribution in [3.63, 3.8) is 0 Å². The molecule has 0 amide bonds. The van der Waals surface area contributed by atoms with Crippen molar-refractivity contribution in [2.45, 2.75) is 27.0 Å². The molecule has 2 aromatic carbocycles. The predicted molar refractivity (Wildman–Crippen MR) is 79.3 cm³/mol. The Hall–Kier alpha value is -1.80. The second-order valence-corrected chi connectivity index (χ2v) is 4.71. The fraction of sp³-hybridized carbons (Fsp3) is 0.294. The summed E-state index contributed by atoms with van der Waals surface area (Å²) in [6, 6.07) is 16.7. The van der Waals surface area contributed by atoms with Crippen LogP contribution in [0.4, 0.5) is 0 Å². The van der Waals surface area contributed by atoms with Gasteiger partial charge in [-0.15, -0.1) is 0 Å². The van der Waals surface area contributed by atoms with Gasteiger partial charge in [0.15, 0.2) is 0 Å². The first kappa shape index (κ1) is 13.6. The zero-order chi connectivity index (χ0) is 13.5. The number of benzene rings is 2. The van der Waals surface area contributed by atoms with Crippen LogP contribution in [-0.2, 0) is 13.2 Å². The van der Waals surface area contributed by atoms with Gasteiger partial charge >= 0.3 is 0 Å². The number of rotatable bonds is 6. The molecule has 0 aliphatic carbocycles. The molecule has 0 fully saturated rings. The standard InChI is InChI=1S/C17H21NO/c1-3-18-12-15-7-5-9-17(11-15)19-13-16-8-4-6-14(2)10-16/h4-11,18H,3,12-13H2,1-2H3. The third-order valence-electron chi connectivity index (χ3n) is 2.97. The minimum Gasteiger partial charge on any atom is -0.489 e. The summed E-state index contributed by atoms with van der Waals surface area (Å²) in [6.07, 6.45) is 0. The summed E-state index contributed by atoms with van der Waals surface area (Å²) < 4.78 is 5.84. The second kappa shape index (κ2) is 6.95. The lowest BCUT2D eigenvalue weighted by atomic mass is 10.1. The molecule has 0 spiro atoms. The van der Waals surface area contributed by atoms with Crippen molar-refractivity contribution >= 4 is 0 Å². The maximum Gasteiger partial charge on any atom is 0.120 e. The Morgan fingerprint density at radius 3 is 2.58 bits per heavy atom. The monoisotopic (exact) mass is 255 g/mol. The zero-order valence-electron chi connectivity index (χ0n) is 11.6. The quantitative estimate of drug-likeness (QED) is 0.850. The number of aryl methyl sites for hydroxylation is 1. The molecule has 0 radical (unpaired) electrons. The SMILES string of the molecule is CCNCc1cccc(OCc2cccc(C)c2)c1. The highest BCUT2D eigenvalue weighted by Gasteiger charge is 1.98. The smallest absolute Gasteiger partial charge is 0.120 e. The van der Waals surface area contributed by atoms with Crippen molar-refractivity contribution in [1.82, 2.24) is 5.32 Å². The van der Waals surface area contributed by atoms with Gasteiger partial charge in [-0.3, -0.25) is 0 Å². The number of nitrogens with one attached hydrogen (secondary N) is 1. The number of hydrogen-bond donors (Lipinski definition) is 1. The molecule has 0 aliphatic rings. The molecule has 1 N–H and O–H groups in total. The first-order chi connectivity index (χ1) is 9.28. The molecule has 0 heterocycles. The number of ether oxygens (including phenoxy) is 1. The summed E-state index contributed by atoms with van der Waals surface area (Å²) in [4.78, 5) is 0. The maximum absolute atomic E-state index is 5.84. The van der Waals surface area contributed by atoms with E-state index in [0.29, 0.717) is 6.61 Å². The maximum atomic E-state index is 5.84. The Labute approximate surface area is 115 Å². The summed E-state index contributed by atoms with van der Waals surface area (Å²) in [5.41, 5.74) is 3.72. The van der Waals surface area contributed by atoms with Gasteiger partial charge in [0, 0.05) is 6.54 Å². The molecular formula is C17H21NO. The van der Waals surface area contributed by atoms with E-state index in [4.69, 9.17) is 4.74 Å². The van der Waals surface area contributed by atoms with Gasteiger partial charge in [0.2, 0.25) is 0 Å². The molecule has 2 nitrogen and oxygen atoms in total. The molecule has 0 unspecified atom stereocenters. The highest BCUT2D eigenvalue weighted by atomic mass is 16.5. The van der Waals surface area contributed by atoms with Crippen molar-refractivity contribution in [2.24, 2.45) is 0 Å². The van der Waals surface area contributed by atoms with Crippen molar-refractivity contribution in [3.8, 4) is 5.75 Å². The highest BCUT2D eigenvalue weighted by Crippen LogP contribution is 2.15. The van der Waals surface area contributed by atoms with E-state index >= 15 is 0 Å². The number of hydrogen-bond acceptors (Lipinski definition) is 2. The first-order valence-electron chi connectivity index (χ1n) is 6.76. The summed E-state index contributed by atoms with van der Waals surface area (Å²) in [5.74, 6) is 0.928. The molecule has 0 saturated heterocycles. The molecule has 0 bridgehead atoms. The van der Waals surface area contributed by atoms with Crippen molar-refractivity contribution < 1.29 is 4.74 Å². The Kier molecular flexibility index (Phi) is 4.99. The van der Waals surface area contributed by atoms with Gasteiger partial charge in [-0.1, -0.05) is 48.9 Å². The lowest BCUT2D eigenvalue weighted by Gasteiger charge is -2.09. The fourth-order valence-corrected chi connectivity index (χ4v) is 1.98. The fourth-order valence-electron chi connectivity index (χ4n) is 1.98. The van der Waals surface area contributed by atoms with E-state index in [2.05, 4.69) is 55.6 Å².